The summed E-state index contributed by atoms with van der Waals surface area (Å²) in [6.45, 7) is 5.07. The monoisotopic (exact) mass is 344 g/mol. The normalized spacial score (nSPS) is 24.9. The van der Waals surface area contributed by atoms with Crippen LogP contribution in [0.15, 0.2) is 15.9 Å². The smallest absolute Gasteiger partial charge is 0.223 e. The van der Waals surface area contributed by atoms with E-state index in [1.54, 1.807) is 11.3 Å². The first-order valence-electron chi connectivity index (χ1n) is 6.78. The molecule has 0 saturated carbocycles. The third-order valence-electron chi connectivity index (χ3n) is 3.43. The summed E-state index contributed by atoms with van der Waals surface area (Å²) in [4.78, 5) is 15.5. The summed E-state index contributed by atoms with van der Waals surface area (Å²) in [6.07, 6.45) is 2.45. The highest BCUT2D eigenvalue weighted by Crippen LogP contribution is 2.35. The van der Waals surface area contributed by atoms with Gasteiger partial charge in [0.1, 0.15) is 0 Å². The molecule has 0 radical (unpaired) electrons. The summed E-state index contributed by atoms with van der Waals surface area (Å²) in [5.41, 5.74) is 6.35. The van der Waals surface area contributed by atoms with E-state index < -0.39 is 0 Å². The highest BCUT2D eigenvalue weighted by molar-refractivity contribution is 9.10. The van der Waals surface area contributed by atoms with Crippen LogP contribution in [-0.4, -0.2) is 23.4 Å². The molecule has 1 fully saturated rings. The van der Waals surface area contributed by atoms with Gasteiger partial charge in [0.15, 0.2) is 0 Å². The van der Waals surface area contributed by atoms with E-state index in [1.807, 2.05) is 4.90 Å². The predicted octanol–water partition coefficient (Wildman–Crippen LogP) is 3.55. The second kappa shape index (κ2) is 6.37. The first-order valence-corrected chi connectivity index (χ1v) is 8.45. The summed E-state index contributed by atoms with van der Waals surface area (Å²) in [7, 11) is 0. The molecule has 3 nitrogen and oxygen atoms in total. The van der Waals surface area contributed by atoms with E-state index in [4.69, 9.17) is 5.73 Å². The van der Waals surface area contributed by atoms with E-state index >= 15 is 0 Å². The zero-order chi connectivity index (χ0) is 14.0. The first-order chi connectivity index (χ1) is 8.99. The Morgan fingerprint density at radius 3 is 2.89 bits per heavy atom. The molecule has 5 heteroatoms. The molecule has 0 spiro atoms. The fourth-order valence-corrected chi connectivity index (χ4v) is 4.27. The number of nitrogens with zero attached hydrogens (tertiary/aromatic N) is 1. The van der Waals surface area contributed by atoms with Gasteiger partial charge in [0, 0.05) is 33.7 Å². The van der Waals surface area contributed by atoms with Gasteiger partial charge < -0.3 is 10.6 Å². The number of hydrogen-bond donors (Lipinski definition) is 1. The predicted molar refractivity (Wildman–Crippen MR) is 83.1 cm³/mol. The molecule has 1 aliphatic rings. The van der Waals surface area contributed by atoms with Crippen LogP contribution in [0.4, 0.5) is 0 Å². The van der Waals surface area contributed by atoms with Crippen molar-refractivity contribution in [2.75, 3.05) is 6.54 Å². The van der Waals surface area contributed by atoms with E-state index in [0.29, 0.717) is 12.3 Å². The Kier molecular flexibility index (Phi) is 5.03. The van der Waals surface area contributed by atoms with Crippen molar-refractivity contribution in [2.24, 2.45) is 11.7 Å². The maximum absolute atomic E-state index is 12.3. The van der Waals surface area contributed by atoms with E-state index in [2.05, 4.69) is 41.2 Å². The van der Waals surface area contributed by atoms with Crippen LogP contribution in [0.3, 0.4) is 0 Å². The minimum absolute atomic E-state index is 0.0358. The number of hydrogen-bond acceptors (Lipinski definition) is 3. The maximum Gasteiger partial charge on any atom is 0.223 e. The Bertz CT molecular complexity index is 446. The maximum atomic E-state index is 12.3. The molecule has 1 amide bonds. The third-order valence-corrected chi connectivity index (χ3v) is 5.20. The lowest BCUT2D eigenvalue weighted by Gasteiger charge is -2.34. The van der Waals surface area contributed by atoms with Crippen LogP contribution in [0.1, 0.15) is 44.0 Å². The number of carbonyl (C=O) groups is 1. The molecule has 1 aromatic heterocycles. The van der Waals surface area contributed by atoms with Gasteiger partial charge in [-0.25, -0.2) is 0 Å². The molecule has 0 aromatic carbocycles. The van der Waals surface area contributed by atoms with Crippen molar-refractivity contribution in [2.45, 2.75) is 45.2 Å². The summed E-state index contributed by atoms with van der Waals surface area (Å²) in [6, 6.07) is 2.17. The molecule has 2 heterocycles. The quantitative estimate of drug-likeness (QED) is 0.911. The van der Waals surface area contributed by atoms with E-state index in [1.165, 1.54) is 4.88 Å². The van der Waals surface area contributed by atoms with Crippen LogP contribution >= 0.6 is 27.3 Å². The van der Waals surface area contributed by atoms with Crippen molar-refractivity contribution in [1.29, 1.82) is 0 Å². The van der Waals surface area contributed by atoms with Crippen LogP contribution < -0.4 is 5.73 Å². The standard InChI is InChI=1S/C14H21BrN2OS/c1-9(2)7-17-13(18)5-3-4-11(16)14(17)12-6-10(15)8-19-12/h6,8-9,11,14H,3-5,7,16H2,1-2H3. The lowest BCUT2D eigenvalue weighted by atomic mass is 10.0. The number of rotatable bonds is 3. The second-order valence-corrected chi connectivity index (χ2v) is 7.47. The summed E-state index contributed by atoms with van der Waals surface area (Å²) < 4.78 is 1.07. The molecule has 2 atom stereocenters. The van der Waals surface area contributed by atoms with Crippen LogP contribution in [0, 0.1) is 5.92 Å². The van der Waals surface area contributed by atoms with Crippen LogP contribution in [-0.2, 0) is 4.79 Å². The van der Waals surface area contributed by atoms with Gasteiger partial charge in [-0.1, -0.05) is 13.8 Å². The average Bonchev–Trinajstić information content (AvgIpc) is 2.68. The second-order valence-electron chi connectivity index (χ2n) is 5.61. The van der Waals surface area contributed by atoms with E-state index in [9.17, 15) is 4.79 Å². The van der Waals surface area contributed by atoms with Gasteiger partial charge in [-0.2, -0.15) is 0 Å². The fourth-order valence-electron chi connectivity index (χ4n) is 2.63. The Morgan fingerprint density at radius 2 is 2.32 bits per heavy atom. The number of carbonyl (C=O) groups excluding carboxylic acids is 1. The molecule has 19 heavy (non-hydrogen) atoms. The molecule has 1 aromatic rings. The molecule has 1 saturated heterocycles. The molecule has 2 N–H and O–H groups in total. The lowest BCUT2D eigenvalue weighted by Crippen LogP contribution is -2.43. The van der Waals surface area contributed by atoms with Gasteiger partial charge in [0.05, 0.1) is 6.04 Å². The molecule has 106 valence electrons. The molecule has 2 rings (SSSR count). The van der Waals surface area contributed by atoms with Crippen molar-refractivity contribution in [1.82, 2.24) is 4.90 Å². The van der Waals surface area contributed by atoms with Crippen LogP contribution in [0.25, 0.3) is 0 Å². The largest absolute Gasteiger partial charge is 0.333 e. The Balaban J connectivity index is 2.33. The van der Waals surface area contributed by atoms with Crippen molar-refractivity contribution in [3.05, 3.63) is 20.8 Å². The summed E-state index contributed by atoms with van der Waals surface area (Å²) in [5, 5.41) is 2.06. The summed E-state index contributed by atoms with van der Waals surface area (Å²) >= 11 is 5.17. The number of thiophene rings is 1. The number of nitrogens with two attached hydrogens (primary N) is 1. The zero-order valence-corrected chi connectivity index (χ0v) is 13.8. The average molecular weight is 345 g/mol. The number of likely N-dealkylation sites (tertiary alicyclic amines) is 1. The Hall–Kier alpha value is -0.390. The Morgan fingerprint density at radius 1 is 1.58 bits per heavy atom. The van der Waals surface area contributed by atoms with Crippen molar-refractivity contribution < 1.29 is 4.79 Å². The minimum atomic E-state index is 0.0358. The van der Waals surface area contributed by atoms with Gasteiger partial charge in [-0.15, -0.1) is 11.3 Å². The molecule has 0 aliphatic carbocycles. The minimum Gasteiger partial charge on any atom is -0.333 e. The van der Waals surface area contributed by atoms with E-state index in [0.717, 1.165) is 23.9 Å². The third kappa shape index (κ3) is 3.58. The first kappa shape index (κ1) is 15.0. The zero-order valence-electron chi connectivity index (χ0n) is 11.4. The number of halogens is 1. The molecular formula is C14H21BrN2OS. The number of amides is 1. The Labute approximate surface area is 127 Å². The molecular weight excluding hydrogens is 324 g/mol. The molecule has 0 bridgehead atoms. The van der Waals surface area contributed by atoms with Crippen LogP contribution in [0.2, 0.25) is 0 Å². The highest BCUT2D eigenvalue weighted by Gasteiger charge is 2.33. The van der Waals surface area contributed by atoms with Crippen molar-refractivity contribution in [3.8, 4) is 0 Å². The van der Waals surface area contributed by atoms with Gasteiger partial charge in [0.25, 0.3) is 0 Å². The van der Waals surface area contributed by atoms with Gasteiger partial charge in [0.2, 0.25) is 5.91 Å². The summed E-state index contributed by atoms with van der Waals surface area (Å²) in [5.74, 6) is 0.705. The SMILES string of the molecule is CC(C)CN1C(=O)CCCC(N)C1c1cc(Br)cs1. The molecule has 1 aliphatic heterocycles. The van der Waals surface area contributed by atoms with Gasteiger partial charge in [-0.05, 0) is 40.8 Å². The van der Waals surface area contributed by atoms with Crippen molar-refractivity contribution in [3.63, 3.8) is 0 Å². The lowest BCUT2D eigenvalue weighted by molar-refractivity contribution is -0.133. The van der Waals surface area contributed by atoms with Crippen molar-refractivity contribution >= 4 is 33.2 Å². The van der Waals surface area contributed by atoms with Gasteiger partial charge in [-0.3, -0.25) is 4.79 Å². The highest BCUT2D eigenvalue weighted by atomic mass is 79.9. The fraction of sp³-hybridized carbons (Fsp3) is 0.643. The molecule has 2 unspecified atom stereocenters. The van der Waals surface area contributed by atoms with E-state index in [-0.39, 0.29) is 18.0 Å². The van der Waals surface area contributed by atoms with Gasteiger partial charge >= 0.3 is 0 Å². The topological polar surface area (TPSA) is 46.3 Å². The van der Waals surface area contributed by atoms with Crippen LogP contribution in [0.5, 0.6) is 0 Å².